The summed E-state index contributed by atoms with van der Waals surface area (Å²) in [5, 5.41) is 2.63. The molecule has 1 aromatic carbocycles. The summed E-state index contributed by atoms with van der Waals surface area (Å²) in [6.07, 6.45) is 5.71. The molecule has 4 aromatic rings. The van der Waals surface area contributed by atoms with Crippen LogP contribution in [0.4, 0.5) is 5.82 Å². The van der Waals surface area contributed by atoms with Crippen molar-refractivity contribution < 1.29 is 14.3 Å². The minimum atomic E-state index is -0.207. The molecule has 1 amide bonds. The number of carbonyl (C=O) groups excluding carboxylic acids is 1. The van der Waals surface area contributed by atoms with Gasteiger partial charge in [0, 0.05) is 45.5 Å². The predicted octanol–water partition coefficient (Wildman–Crippen LogP) is 4.09. The number of rotatable bonds is 6. The van der Waals surface area contributed by atoms with Gasteiger partial charge in [0.25, 0.3) is 5.56 Å². The minimum absolute atomic E-state index is 0.205. The Hall–Kier alpha value is -4.14. The largest absolute Gasteiger partial charge is 0.457 e. The van der Waals surface area contributed by atoms with Gasteiger partial charge in [-0.15, -0.1) is 0 Å². The van der Waals surface area contributed by atoms with Crippen LogP contribution in [0.15, 0.2) is 53.6 Å². The maximum Gasteiger partial charge on any atom is 0.302 e. The van der Waals surface area contributed by atoms with Crippen molar-refractivity contribution in [1.29, 1.82) is 0 Å². The van der Waals surface area contributed by atoms with Gasteiger partial charge in [0.1, 0.15) is 17.3 Å². The highest BCUT2D eigenvalue weighted by Crippen LogP contribution is 2.40. The van der Waals surface area contributed by atoms with Crippen molar-refractivity contribution in [3.05, 3.63) is 64.7 Å². The lowest BCUT2D eigenvalue weighted by Gasteiger charge is -2.09. The van der Waals surface area contributed by atoms with Gasteiger partial charge < -0.3 is 19.4 Å². The van der Waals surface area contributed by atoms with E-state index in [9.17, 15) is 9.59 Å². The lowest BCUT2D eigenvalue weighted by Crippen LogP contribution is -2.18. The summed E-state index contributed by atoms with van der Waals surface area (Å²) in [6.45, 7) is 1.42. The van der Waals surface area contributed by atoms with E-state index in [4.69, 9.17) is 9.47 Å². The molecule has 0 atom stereocenters. The van der Waals surface area contributed by atoms with Gasteiger partial charge in [-0.25, -0.2) is 4.98 Å². The summed E-state index contributed by atoms with van der Waals surface area (Å²) in [5.74, 6) is 2.09. The van der Waals surface area contributed by atoms with Gasteiger partial charge >= 0.3 is 6.01 Å². The Morgan fingerprint density at radius 1 is 1.09 bits per heavy atom. The quantitative estimate of drug-likeness (QED) is 0.480. The first kappa shape index (κ1) is 20.7. The maximum atomic E-state index is 12.6. The topological polar surface area (TPSA) is 100 Å². The van der Waals surface area contributed by atoms with Gasteiger partial charge in [0.15, 0.2) is 5.75 Å². The van der Waals surface area contributed by atoms with Gasteiger partial charge in [0.05, 0.1) is 11.0 Å². The first-order valence-corrected chi connectivity index (χ1v) is 10.6. The van der Waals surface area contributed by atoms with Crippen molar-refractivity contribution in [3.8, 4) is 23.3 Å². The third-order valence-electron chi connectivity index (χ3n) is 5.50. The van der Waals surface area contributed by atoms with Crippen LogP contribution in [0.5, 0.6) is 23.3 Å². The SMILES string of the molecule is CC(=O)Nc1cc(Oc2ccc3nc(Oc4cc(C5CC5)cn(C)c4=O)n(C)c3c2)ccn1. The molecule has 5 rings (SSSR count). The molecule has 1 aliphatic carbocycles. The summed E-state index contributed by atoms with van der Waals surface area (Å²) >= 11 is 0. The molecule has 9 nitrogen and oxygen atoms in total. The molecule has 0 spiro atoms. The highest BCUT2D eigenvalue weighted by atomic mass is 16.5. The summed E-state index contributed by atoms with van der Waals surface area (Å²) in [5.41, 5.74) is 2.40. The highest BCUT2D eigenvalue weighted by molar-refractivity contribution is 5.87. The van der Waals surface area contributed by atoms with Crippen LogP contribution in [0.3, 0.4) is 0 Å². The molecule has 1 aliphatic rings. The van der Waals surface area contributed by atoms with E-state index in [1.54, 1.807) is 40.6 Å². The number of hydrogen-bond acceptors (Lipinski definition) is 6. The van der Waals surface area contributed by atoms with E-state index >= 15 is 0 Å². The van der Waals surface area contributed by atoms with E-state index in [0.717, 1.165) is 23.9 Å². The lowest BCUT2D eigenvalue weighted by molar-refractivity contribution is -0.114. The standard InChI is InChI=1S/C24H23N5O4/c1-14(30)26-22-12-18(8-9-25-22)32-17-6-7-19-20(11-17)29(3)24(27-19)33-21-10-16(15-4-5-15)13-28(2)23(21)31/h6-13,15H,4-5H2,1-3H3,(H,25,26,30). The Labute approximate surface area is 189 Å². The first-order valence-electron chi connectivity index (χ1n) is 10.6. The highest BCUT2D eigenvalue weighted by Gasteiger charge is 2.25. The average Bonchev–Trinajstić information content (AvgIpc) is 3.57. The zero-order valence-electron chi connectivity index (χ0n) is 18.5. The molecule has 1 N–H and O–H groups in total. The Balaban J connectivity index is 1.43. The van der Waals surface area contributed by atoms with Crippen molar-refractivity contribution in [2.45, 2.75) is 25.7 Å². The Morgan fingerprint density at radius 2 is 1.88 bits per heavy atom. The van der Waals surface area contributed by atoms with E-state index in [0.29, 0.717) is 34.8 Å². The van der Waals surface area contributed by atoms with E-state index in [2.05, 4.69) is 15.3 Å². The van der Waals surface area contributed by atoms with Crippen LogP contribution < -0.4 is 20.3 Å². The van der Waals surface area contributed by atoms with E-state index in [1.807, 2.05) is 31.4 Å². The Morgan fingerprint density at radius 3 is 2.64 bits per heavy atom. The van der Waals surface area contributed by atoms with Crippen molar-refractivity contribution >= 4 is 22.8 Å². The molecule has 33 heavy (non-hydrogen) atoms. The second-order valence-electron chi connectivity index (χ2n) is 8.19. The third kappa shape index (κ3) is 4.30. The number of nitrogens with one attached hydrogen (secondary N) is 1. The average molecular weight is 445 g/mol. The van der Waals surface area contributed by atoms with Crippen LogP contribution in [0.25, 0.3) is 11.0 Å². The van der Waals surface area contributed by atoms with Gasteiger partial charge in [0.2, 0.25) is 5.91 Å². The number of ether oxygens (including phenoxy) is 2. The summed E-state index contributed by atoms with van der Waals surface area (Å²) in [6, 6.07) is 11.0. The second-order valence-corrected chi connectivity index (χ2v) is 8.19. The van der Waals surface area contributed by atoms with Crippen LogP contribution in [-0.4, -0.2) is 25.0 Å². The van der Waals surface area contributed by atoms with Crippen LogP contribution in [0, 0.1) is 0 Å². The van der Waals surface area contributed by atoms with Crippen LogP contribution in [0.1, 0.15) is 31.2 Å². The smallest absolute Gasteiger partial charge is 0.302 e. The summed E-state index contributed by atoms with van der Waals surface area (Å²) in [4.78, 5) is 32.5. The fraction of sp³-hybridized carbons (Fsp3) is 0.250. The molecule has 9 heteroatoms. The van der Waals surface area contributed by atoms with E-state index in [-0.39, 0.29) is 17.2 Å². The van der Waals surface area contributed by atoms with Gasteiger partial charge in [-0.05, 0) is 48.6 Å². The fourth-order valence-corrected chi connectivity index (χ4v) is 3.68. The summed E-state index contributed by atoms with van der Waals surface area (Å²) < 4.78 is 15.2. The zero-order valence-corrected chi connectivity index (χ0v) is 18.5. The maximum absolute atomic E-state index is 12.6. The number of amides is 1. The van der Waals surface area contributed by atoms with Crippen LogP contribution >= 0.6 is 0 Å². The number of hydrogen-bond donors (Lipinski definition) is 1. The van der Waals surface area contributed by atoms with E-state index in [1.165, 1.54) is 6.92 Å². The normalized spacial score (nSPS) is 13.2. The molecule has 0 radical (unpaired) electrons. The number of pyridine rings is 2. The molecule has 0 bridgehead atoms. The van der Waals surface area contributed by atoms with Crippen LogP contribution in [0.2, 0.25) is 0 Å². The molecular formula is C24H23N5O4. The van der Waals surface area contributed by atoms with E-state index < -0.39 is 0 Å². The van der Waals surface area contributed by atoms with Crippen molar-refractivity contribution in [3.63, 3.8) is 0 Å². The van der Waals surface area contributed by atoms with Gasteiger partial charge in [-0.1, -0.05) is 0 Å². The molecule has 1 fully saturated rings. The molecule has 1 saturated carbocycles. The zero-order chi connectivity index (χ0) is 23.1. The Bertz CT molecular complexity index is 1430. The van der Waals surface area contributed by atoms with Crippen molar-refractivity contribution in [1.82, 2.24) is 19.1 Å². The fourth-order valence-electron chi connectivity index (χ4n) is 3.68. The number of carbonyl (C=O) groups is 1. The third-order valence-corrected chi connectivity index (χ3v) is 5.50. The number of nitrogens with zero attached hydrogens (tertiary/aromatic N) is 4. The number of benzene rings is 1. The van der Waals surface area contributed by atoms with Crippen LogP contribution in [-0.2, 0) is 18.9 Å². The van der Waals surface area contributed by atoms with Gasteiger partial charge in [-0.2, -0.15) is 4.98 Å². The number of fused-ring (bicyclic) bond motifs is 1. The molecule has 3 heterocycles. The number of imidazole rings is 1. The van der Waals surface area contributed by atoms with Gasteiger partial charge in [-0.3, -0.25) is 14.2 Å². The van der Waals surface area contributed by atoms with Crippen molar-refractivity contribution in [2.24, 2.45) is 14.1 Å². The monoisotopic (exact) mass is 445 g/mol. The molecule has 0 unspecified atom stereocenters. The van der Waals surface area contributed by atoms with Crippen molar-refractivity contribution in [2.75, 3.05) is 5.32 Å². The number of anilines is 1. The number of aryl methyl sites for hydroxylation is 2. The molecule has 0 aliphatic heterocycles. The molecule has 168 valence electrons. The predicted molar refractivity (Wildman–Crippen MR) is 123 cm³/mol. The Kier molecular flexibility index (Phi) is 5.08. The molecule has 3 aromatic heterocycles. The number of aromatic nitrogens is 4. The summed E-state index contributed by atoms with van der Waals surface area (Å²) in [7, 11) is 3.56. The minimum Gasteiger partial charge on any atom is -0.457 e. The lowest BCUT2D eigenvalue weighted by atomic mass is 10.2. The molecular weight excluding hydrogens is 422 g/mol. The molecule has 0 saturated heterocycles. The first-order chi connectivity index (χ1) is 15.9. The second kappa shape index (κ2) is 8.09.